The molecule has 0 atom stereocenters. The number of para-hydroxylation sites is 1. The molecule has 0 unspecified atom stereocenters. The van der Waals surface area contributed by atoms with Gasteiger partial charge in [0.1, 0.15) is 0 Å². The van der Waals surface area contributed by atoms with Crippen LogP contribution in [0.3, 0.4) is 0 Å². The van der Waals surface area contributed by atoms with Crippen LogP contribution in [0.25, 0.3) is 10.9 Å². The van der Waals surface area contributed by atoms with Crippen molar-refractivity contribution < 1.29 is 14.3 Å². The Morgan fingerprint density at radius 2 is 2.00 bits per heavy atom. The summed E-state index contributed by atoms with van der Waals surface area (Å²) in [6, 6.07) is 9.23. The zero-order valence-corrected chi connectivity index (χ0v) is 12.2. The van der Waals surface area contributed by atoms with E-state index < -0.39 is 0 Å². The predicted octanol–water partition coefficient (Wildman–Crippen LogP) is 2.26. The minimum atomic E-state index is -0.319. The predicted molar refractivity (Wildman–Crippen MR) is 80.0 cm³/mol. The van der Waals surface area contributed by atoms with Crippen molar-refractivity contribution in [3.05, 3.63) is 42.1 Å². The number of amides is 1. The Morgan fingerprint density at radius 3 is 2.71 bits per heavy atom. The molecule has 0 aliphatic carbocycles. The molecule has 0 spiro atoms. The number of pyridine rings is 1. The Bertz CT molecular complexity index is 650. The lowest BCUT2D eigenvalue weighted by molar-refractivity contribution is -0.140. The first-order chi connectivity index (χ1) is 10.2. The molecular weight excluding hydrogens is 268 g/mol. The maximum absolute atomic E-state index is 12.6. The van der Waals surface area contributed by atoms with Crippen LogP contribution >= 0.6 is 0 Å². The topological polar surface area (TPSA) is 59.5 Å². The van der Waals surface area contributed by atoms with Gasteiger partial charge in [-0.05, 0) is 19.1 Å². The SMILES string of the molecule is CCN(CCC(=O)OC)C(=O)c1ccnc2ccccc12. The van der Waals surface area contributed by atoms with Gasteiger partial charge in [0.15, 0.2) is 0 Å². The number of methoxy groups -OCH3 is 1. The van der Waals surface area contributed by atoms with E-state index in [1.54, 1.807) is 17.2 Å². The summed E-state index contributed by atoms with van der Waals surface area (Å²) < 4.78 is 4.61. The number of hydrogen-bond donors (Lipinski definition) is 0. The number of benzene rings is 1. The first kappa shape index (κ1) is 15.0. The molecule has 5 nitrogen and oxygen atoms in total. The highest BCUT2D eigenvalue weighted by molar-refractivity contribution is 6.06. The maximum atomic E-state index is 12.6. The fraction of sp³-hybridized carbons (Fsp3) is 0.312. The van der Waals surface area contributed by atoms with Crippen molar-refractivity contribution in [3.8, 4) is 0 Å². The van der Waals surface area contributed by atoms with Gasteiger partial charge < -0.3 is 9.64 Å². The van der Waals surface area contributed by atoms with Crippen LogP contribution in [-0.4, -0.2) is 42.0 Å². The number of esters is 1. The Labute approximate surface area is 123 Å². The van der Waals surface area contributed by atoms with Crippen molar-refractivity contribution in [1.82, 2.24) is 9.88 Å². The molecule has 0 radical (unpaired) electrons. The van der Waals surface area contributed by atoms with E-state index in [9.17, 15) is 9.59 Å². The highest BCUT2D eigenvalue weighted by Gasteiger charge is 2.17. The minimum Gasteiger partial charge on any atom is -0.469 e. The van der Waals surface area contributed by atoms with E-state index in [-0.39, 0.29) is 18.3 Å². The molecule has 1 amide bonds. The second kappa shape index (κ2) is 6.83. The van der Waals surface area contributed by atoms with Crippen molar-refractivity contribution in [2.24, 2.45) is 0 Å². The highest BCUT2D eigenvalue weighted by Crippen LogP contribution is 2.18. The van der Waals surface area contributed by atoms with Gasteiger partial charge in [0.25, 0.3) is 5.91 Å². The summed E-state index contributed by atoms with van der Waals surface area (Å²) in [6.07, 6.45) is 1.82. The molecular formula is C16H18N2O3. The summed E-state index contributed by atoms with van der Waals surface area (Å²) in [5, 5.41) is 0.821. The van der Waals surface area contributed by atoms with Gasteiger partial charge in [-0.15, -0.1) is 0 Å². The Balaban J connectivity index is 2.25. The maximum Gasteiger partial charge on any atom is 0.307 e. The summed E-state index contributed by atoms with van der Waals surface area (Å²) in [7, 11) is 1.34. The van der Waals surface area contributed by atoms with Gasteiger partial charge in [-0.3, -0.25) is 14.6 Å². The lowest BCUT2D eigenvalue weighted by Crippen LogP contribution is -2.33. The van der Waals surface area contributed by atoms with Crippen LogP contribution in [0.4, 0.5) is 0 Å². The number of nitrogens with zero attached hydrogens (tertiary/aromatic N) is 2. The van der Waals surface area contributed by atoms with E-state index in [4.69, 9.17) is 0 Å². The van der Waals surface area contributed by atoms with E-state index in [0.717, 1.165) is 10.9 Å². The first-order valence-corrected chi connectivity index (χ1v) is 6.87. The van der Waals surface area contributed by atoms with Crippen molar-refractivity contribution in [3.63, 3.8) is 0 Å². The number of carbonyl (C=O) groups is 2. The molecule has 0 saturated heterocycles. The second-order valence-corrected chi connectivity index (χ2v) is 4.59. The monoisotopic (exact) mass is 286 g/mol. The standard InChI is InChI=1S/C16H18N2O3/c1-3-18(11-9-15(19)21-2)16(20)13-8-10-17-14-7-5-4-6-12(13)14/h4-8,10H,3,9,11H2,1-2H3. The number of hydrogen-bond acceptors (Lipinski definition) is 4. The number of rotatable bonds is 5. The van der Waals surface area contributed by atoms with E-state index in [1.807, 2.05) is 31.2 Å². The first-order valence-electron chi connectivity index (χ1n) is 6.87. The summed E-state index contributed by atoms with van der Waals surface area (Å²) in [5.41, 5.74) is 1.39. The highest BCUT2D eigenvalue weighted by atomic mass is 16.5. The molecule has 21 heavy (non-hydrogen) atoms. The zero-order valence-electron chi connectivity index (χ0n) is 12.2. The zero-order chi connectivity index (χ0) is 15.2. The van der Waals surface area contributed by atoms with Crippen LogP contribution < -0.4 is 0 Å². The van der Waals surface area contributed by atoms with Crippen LogP contribution in [0, 0.1) is 0 Å². The quantitative estimate of drug-likeness (QED) is 0.791. The van der Waals surface area contributed by atoms with Crippen LogP contribution in [0.2, 0.25) is 0 Å². The molecule has 110 valence electrons. The van der Waals surface area contributed by atoms with Gasteiger partial charge >= 0.3 is 5.97 Å². The van der Waals surface area contributed by atoms with Crippen LogP contribution in [0.1, 0.15) is 23.7 Å². The summed E-state index contributed by atoms with van der Waals surface area (Å²) in [5.74, 6) is -0.416. The average Bonchev–Trinajstić information content (AvgIpc) is 2.54. The van der Waals surface area contributed by atoms with Crippen molar-refractivity contribution in [1.29, 1.82) is 0 Å². The number of aromatic nitrogens is 1. The van der Waals surface area contributed by atoms with Crippen molar-refractivity contribution in [2.45, 2.75) is 13.3 Å². The third kappa shape index (κ3) is 3.37. The molecule has 1 aromatic heterocycles. The van der Waals surface area contributed by atoms with E-state index >= 15 is 0 Å². The molecule has 0 aliphatic heterocycles. The van der Waals surface area contributed by atoms with Gasteiger partial charge in [0.2, 0.25) is 0 Å². The van der Waals surface area contributed by atoms with Crippen LogP contribution in [0.15, 0.2) is 36.5 Å². The summed E-state index contributed by atoms with van der Waals surface area (Å²) in [6.45, 7) is 2.77. The van der Waals surface area contributed by atoms with E-state index in [2.05, 4.69) is 9.72 Å². The molecule has 5 heteroatoms. The van der Waals surface area contributed by atoms with Gasteiger partial charge in [0.05, 0.1) is 24.6 Å². The van der Waals surface area contributed by atoms with Gasteiger partial charge in [-0.1, -0.05) is 18.2 Å². The van der Waals surface area contributed by atoms with Crippen molar-refractivity contribution in [2.75, 3.05) is 20.2 Å². The Hall–Kier alpha value is -2.43. The number of fused-ring (bicyclic) bond motifs is 1. The third-order valence-corrected chi connectivity index (χ3v) is 3.36. The molecule has 0 saturated carbocycles. The number of ether oxygens (including phenoxy) is 1. The largest absolute Gasteiger partial charge is 0.469 e. The molecule has 0 aliphatic rings. The Morgan fingerprint density at radius 1 is 1.24 bits per heavy atom. The van der Waals surface area contributed by atoms with Gasteiger partial charge in [-0.25, -0.2) is 0 Å². The van der Waals surface area contributed by atoms with Gasteiger partial charge in [-0.2, -0.15) is 0 Å². The second-order valence-electron chi connectivity index (χ2n) is 4.59. The van der Waals surface area contributed by atoms with Crippen LogP contribution in [-0.2, 0) is 9.53 Å². The third-order valence-electron chi connectivity index (χ3n) is 3.36. The van der Waals surface area contributed by atoms with E-state index in [1.165, 1.54) is 7.11 Å². The average molecular weight is 286 g/mol. The lowest BCUT2D eigenvalue weighted by Gasteiger charge is -2.21. The molecule has 1 aromatic carbocycles. The summed E-state index contributed by atoms with van der Waals surface area (Å²) in [4.78, 5) is 29.8. The normalized spacial score (nSPS) is 10.4. The van der Waals surface area contributed by atoms with E-state index in [0.29, 0.717) is 18.7 Å². The molecule has 1 heterocycles. The van der Waals surface area contributed by atoms with Crippen LogP contribution in [0.5, 0.6) is 0 Å². The summed E-state index contributed by atoms with van der Waals surface area (Å²) >= 11 is 0. The molecule has 2 rings (SSSR count). The Kier molecular flexibility index (Phi) is 4.87. The molecule has 2 aromatic rings. The lowest BCUT2D eigenvalue weighted by atomic mass is 10.1. The number of carbonyl (C=O) groups excluding carboxylic acids is 2. The molecule has 0 N–H and O–H groups in total. The molecule has 0 bridgehead atoms. The minimum absolute atomic E-state index is 0.0972. The smallest absolute Gasteiger partial charge is 0.307 e. The van der Waals surface area contributed by atoms with Gasteiger partial charge in [0, 0.05) is 24.7 Å². The fourth-order valence-corrected chi connectivity index (χ4v) is 2.18. The molecule has 0 fully saturated rings. The van der Waals surface area contributed by atoms with Crippen molar-refractivity contribution >= 4 is 22.8 Å². The fourth-order valence-electron chi connectivity index (χ4n) is 2.18.